The van der Waals surface area contributed by atoms with Crippen LogP contribution in [0.4, 0.5) is 5.69 Å². The van der Waals surface area contributed by atoms with E-state index in [1.165, 1.54) is 0 Å². The summed E-state index contributed by atoms with van der Waals surface area (Å²) in [5.74, 6) is 0.837. The highest BCUT2D eigenvalue weighted by atomic mass is 16.5. The molecule has 0 saturated heterocycles. The summed E-state index contributed by atoms with van der Waals surface area (Å²) in [6, 6.07) is 15.5. The van der Waals surface area contributed by atoms with Gasteiger partial charge in [0.2, 0.25) is 0 Å². The quantitative estimate of drug-likeness (QED) is 0.780. The number of nitrogens with zero attached hydrogens (tertiary/aromatic N) is 1. The van der Waals surface area contributed by atoms with Gasteiger partial charge >= 0.3 is 0 Å². The molecule has 0 aliphatic carbocycles. The van der Waals surface area contributed by atoms with Gasteiger partial charge in [-0.25, -0.2) is 0 Å². The van der Waals surface area contributed by atoms with E-state index in [1.807, 2.05) is 54.6 Å². The first-order valence-corrected chi connectivity index (χ1v) is 6.44. The van der Waals surface area contributed by atoms with Crippen molar-refractivity contribution >= 4 is 23.2 Å². The Hall–Kier alpha value is -2.55. The largest absolute Gasteiger partial charge is 0.497 e. The van der Waals surface area contributed by atoms with E-state index in [9.17, 15) is 4.79 Å². The number of carbonyl (C=O) groups is 1. The van der Waals surface area contributed by atoms with Gasteiger partial charge in [-0.15, -0.1) is 0 Å². The maximum absolute atomic E-state index is 12.3. The number of ether oxygens (including phenoxy) is 1. The fourth-order valence-electron chi connectivity index (χ4n) is 2.41. The van der Waals surface area contributed by atoms with E-state index in [2.05, 4.69) is 0 Å². The van der Waals surface area contributed by atoms with Gasteiger partial charge in [0.25, 0.3) is 5.91 Å². The number of hydrogen-bond donors (Lipinski definition) is 0. The number of anilines is 1. The maximum Gasteiger partial charge on any atom is 0.258 e. The Labute approximate surface area is 118 Å². The number of methoxy groups -OCH3 is 1. The molecule has 2 aromatic carbocycles. The molecule has 1 amide bonds. The molecule has 1 aliphatic heterocycles. The number of hydrogen-bond acceptors (Lipinski definition) is 2. The number of amides is 1. The Morgan fingerprint density at radius 2 is 1.75 bits per heavy atom. The molecule has 0 atom stereocenters. The topological polar surface area (TPSA) is 29.5 Å². The Bertz CT molecular complexity index is 686. The molecule has 0 fully saturated rings. The average Bonchev–Trinajstić information content (AvgIpc) is 2.74. The van der Waals surface area contributed by atoms with Crippen LogP contribution in [0.1, 0.15) is 11.1 Å². The maximum atomic E-state index is 12.3. The van der Waals surface area contributed by atoms with Crippen LogP contribution in [-0.4, -0.2) is 20.1 Å². The van der Waals surface area contributed by atoms with Gasteiger partial charge in [-0.05, 0) is 29.8 Å². The fourth-order valence-corrected chi connectivity index (χ4v) is 2.41. The van der Waals surface area contributed by atoms with Crippen molar-refractivity contribution in [3.63, 3.8) is 0 Å². The molecular weight excluding hydrogens is 250 g/mol. The zero-order chi connectivity index (χ0) is 14.1. The van der Waals surface area contributed by atoms with Crippen LogP contribution in [0, 0.1) is 0 Å². The number of likely N-dealkylation sites (N-methyl/N-ethyl adjacent to an activating group) is 1. The molecule has 0 N–H and O–H groups in total. The predicted octanol–water partition coefficient (Wildman–Crippen LogP) is 3.21. The van der Waals surface area contributed by atoms with Gasteiger partial charge in [0.1, 0.15) is 5.75 Å². The van der Waals surface area contributed by atoms with Crippen LogP contribution in [0.2, 0.25) is 0 Å². The standard InChI is InChI=1S/C17H15NO2/c1-18-16-6-4-3-5-14(16)15(17(18)19)11-12-7-9-13(20-2)10-8-12/h3-11H,1-2H3. The van der Waals surface area contributed by atoms with E-state index in [-0.39, 0.29) is 5.91 Å². The molecular formula is C17H15NO2. The van der Waals surface area contributed by atoms with Gasteiger partial charge in [0, 0.05) is 18.2 Å². The molecule has 2 aromatic rings. The molecule has 100 valence electrons. The second-order valence-electron chi connectivity index (χ2n) is 4.71. The number of benzene rings is 2. The normalized spacial score (nSPS) is 15.6. The highest BCUT2D eigenvalue weighted by molar-refractivity contribution is 6.35. The van der Waals surface area contributed by atoms with Gasteiger partial charge in [-0.1, -0.05) is 30.3 Å². The lowest BCUT2D eigenvalue weighted by Gasteiger charge is -2.07. The van der Waals surface area contributed by atoms with E-state index in [0.717, 1.165) is 28.1 Å². The molecule has 1 heterocycles. The Balaban J connectivity index is 2.04. The summed E-state index contributed by atoms with van der Waals surface area (Å²) in [7, 11) is 3.44. The first-order valence-electron chi connectivity index (χ1n) is 6.44. The number of carbonyl (C=O) groups excluding carboxylic acids is 1. The van der Waals surface area contributed by atoms with Crippen LogP contribution in [-0.2, 0) is 4.79 Å². The molecule has 0 spiro atoms. The zero-order valence-corrected chi connectivity index (χ0v) is 11.5. The lowest BCUT2D eigenvalue weighted by Crippen LogP contribution is -2.20. The van der Waals surface area contributed by atoms with E-state index in [0.29, 0.717) is 0 Å². The van der Waals surface area contributed by atoms with E-state index in [1.54, 1.807) is 19.1 Å². The van der Waals surface area contributed by atoms with Crippen molar-refractivity contribution in [3.8, 4) is 5.75 Å². The molecule has 3 rings (SSSR count). The third kappa shape index (κ3) is 1.97. The Morgan fingerprint density at radius 3 is 2.45 bits per heavy atom. The first-order chi connectivity index (χ1) is 9.70. The van der Waals surface area contributed by atoms with Crippen LogP contribution in [0.5, 0.6) is 5.75 Å². The number of rotatable bonds is 2. The predicted molar refractivity (Wildman–Crippen MR) is 80.7 cm³/mol. The molecule has 3 nitrogen and oxygen atoms in total. The summed E-state index contributed by atoms with van der Waals surface area (Å²) < 4.78 is 5.14. The van der Waals surface area contributed by atoms with Gasteiger partial charge in [0.05, 0.1) is 12.8 Å². The Morgan fingerprint density at radius 1 is 1.05 bits per heavy atom. The minimum absolute atomic E-state index is 0.0296. The van der Waals surface area contributed by atoms with E-state index >= 15 is 0 Å². The van der Waals surface area contributed by atoms with Crippen LogP contribution < -0.4 is 9.64 Å². The molecule has 0 saturated carbocycles. The van der Waals surface area contributed by atoms with Crippen LogP contribution in [0.15, 0.2) is 48.5 Å². The monoisotopic (exact) mass is 265 g/mol. The summed E-state index contributed by atoms with van der Waals surface area (Å²) in [5.41, 5.74) is 3.65. The van der Waals surface area contributed by atoms with Crippen molar-refractivity contribution < 1.29 is 9.53 Å². The fraction of sp³-hybridized carbons (Fsp3) is 0.118. The average molecular weight is 265 g/mol. The van der Waals surface area contributed by atoms with Crippen molar-refractivity contribution in [2.45, 2.75) is 0 Å². The minimum Gasteiger partial charge on any atom is -0.497 e. The highest BCUT2D eigenvalue weighted by Crippen LogP contribution is 2.36. The first kappa shape index (κ1) is 12.5. The van der Waals surface area contributed by atoms with Crippen LogP contribution in [0.3, 0.4) is 0 Å². The molecule has 0 bridgehead atoms. The minimum atomic E-state index is 0.0296. The SMILES string of the molecule is COc1ccc(C=C2C(=O)N(C)c3ccccc32)cc1. The van der Waals surface area contributed by atoms with Gasteiger partial charge in [0.15, 0.2) is 0 Å². The molecule has 3 heteroatoms. The summed E-state index contributed by atoms with van der Waals surface area (Å²) >= 11 is 0. The van der Waals surface area contributed by atoms with Crippen molar-refractivity contribution in [2.75, 3.05) is 19.1 Å². The number of para-hydroxylation sites is 1. The lowest BCUT2D eigenvalue weighted by molar-refractivity contribution is -0.112. The van der Waals surface area contributed by atoms with Gasteiger partial charge < -0.3 is 9.64 Å². The van der Waals surface area contributed by atoms with Gasteiger partial charge in [-0.2, -0.15) is 0 Å². The summed E-state index contributed by atoms with van der Waals surface area (Å²) in [4.78, 5) is 14.0. The molecule has 1 aliphatic rings. The molecule has 20 heavy (non-hydrogen) atoms. The third-order valence-corrected chi connectivity index (χ3v) is 3.52. The van der Waals surface area contributed by atoms with Crippen molar-refractivity contribution in [1.29, 1.82) is 0 Å². The van der Waals surface area contributed by atoms with Crippen molar-refractivity contribution in [2.24, 2.45) is 0 Å². The Kier molecular flexibility index (Phi) is 3.03. The smallest absolute Gasteiger partial charge is 0.258 e. The van der Waals surface area contributed by atoms with E-state index < -0.39 is 0 Å². The zero-order valence-electron chi connectivity index (χ0n) is 11.5. The summed E-state index contributed by atoms with van der Waals surface area (Å²) in [6.07, 6.45) is 1.92. The molecule has 0 aromatic heterocycles. The highest BCUT2D eigenvalue weighted by Gasteiger charge is 2.28. The lowest BCUT2D eigenvalue weighted by atomic mass is 10.0. The summed E-state index contributed by atoms with van der Waals surface area (Å²) in [6.45, 7) is 0. The summed E-state index contributed by atoms with van der Waals surface area (Å²) in [5, 5.41) is 0. The van der Waals surface area contributed by atoms with Crippen molar-refractivity contribution in [1.82, 2.24) is 0 Å². The molecule has 0 unspecified atom stereocenters. The van der Waals surface area contributed by atoms with Crippen molar-refractivity contribution in [3.05, 3.63) is 59.7 Å². The van der Waals surface area contributed by atoms with Crippen LogP contribution >= 0.6 is 0 Å². The molecule has 0 radical (unpaired) electrons. The van der Waals surface area contributed by atoms with Crippen LogP contribution in [0.25, 0.3) is 11.6 Å². The second-order valence-corrected chi connectivity index (χ2v) is 4.71. The van der Waals surface area contributed by atoms with Gasteiger partial charge in [-0.3, -0.25) is 4.79 Å². The number of fused-ring (bicyclic) bond motifs is 1. The van der Waals surface area contributed by atoms with E-state index in [4.69, 9.17) is 4.74 Å². The second kappa shape index (κ2) is 4.85. The third-order valence-electron chi connectivity index (χ3n) is 3.52.